The van der Waals surface area contributed by atoms with Gasteiger partial charge in [-0.2, -0.15) is 0 Å². The third-order valence-electron chi connectivity index (χ3n) is 4.77. The molecule has 3 unspecified atom stereocenters. The van der Waals surface area contributed by atoms with Gasteiger partial charge in [-0.1, -0.05) is 57.5 Å². The fourth-order valence-electron chi connectivity index (χ4n) is 3.42. The van der Waals surface area contributed by atoms with E-state index in [-0.39, 0.29) is 24.3 Å². The molecule has 3 nitrogen and oxygen atoms in total. The van der Waals surface area contributed by atoms with Gasteiger partial charge in [-0.3, -0.25) is 9.59 Å². The minimum atomic E-state index is -0.200. The first-order valence-electron chi connectivity index (χ1n) is 8.24. The van der Waals surface area contributed by atoms with Crippen LogP contribution in [-0.2, 0) is 9.53 Å². The fraction of sp³-hybridized carbons (Fsp3) is 0.579. The number of Topliss-reactive ketones (excluding diaryl/α,β-unsaturated/α-hetero) is 1. The maximum absolute atomic E-state index is 12.4. The highest BCUT2D eigenvalue weighted by Gasteiger charge is 2.36. The number of rotatable bonds is 5. The van der Waals surface area contributed by atoms with Crippen LogP contribution in [0.2, 0.25) is 0 Å². The second kappa shape index (κ2) is 7.57. The van der Waals surface area contributed by atoms with Crippen molar-refractivity contribution in [3.05, 3.63) is 35.9 Å². The van der Waals surface area contributed by atoms with Gasteiger partial charge in [0.15, 0.2) is 12.4 Å². The molecule has 1 aliphatic carbocycles. The van der Waals surface area contributed by atoms with E-state index in [0.717, 1.165) is 12.8 Å². The summed E-state index contributed by atoms with van der Waals surface area (Å²) in [5.74, 6) is 0.989. The minimum Gasteiger partial charge on any atom is -0.457 e. The van der Waals surface area contributed by atoms with E-state index in [4.69, 9.17) is 4.74 Å². The van der Waals surface area contributed by atoms with Gasteiger partial charge >= 0.3 is 5.97 Å². The Bertz CT molecular complexity index is 507. The number of esters is 1. The van der Waals surface area contributed by atoms with Gasteiger partial charge in [-0.25, -0.2) is 0 Å². The van der Waals surface area contributed by atoms with E-state index in [1.54, 1.807) is 12.1 Å². The molecule has 0 heterocycles. The van der Waals surface area contributed by atoms with Crippen molar-refractivity contribution < 1.29 is 14.3 Å². The molecule has 0 amide bonds. The lowest BCUT2D eigenvalue weighted by Crippen LogP contribution is -2.35. The molecule has 0 radical (unpaired) electrons. The third-order valence-corrected chi connectivity index (χ3v) is 4.77. The Morgan fingerprint density at radius 3 is 2.50 bits per heavy atom. The maximum atomic E-state index is 12.4. The van der Waals surface area contributed by atoms with Gasteiger partial charge in [0.25, 0.3) is 0 Å². The number of ether oxygens (including phenoxy) is 1. The Morgan fingerprint density at radius 1 is 1.18 bits per heavy atom. The van der Waals surface area contributed by atoms with Crippen LogP contribution >= 0.6 is 0 Å². The van der Waals surface area contributed by atoms with Crippen molar-refractivity contribution in [2.75, 3.05) is 6.61 Å². The Hall–Kier alpha value is -1.64. The number of carbonyl (C=O) groups is 2. The van der Waals surface area contributed by atoms with Gasteiger partial charge in [0.05, 0.1) is 5.92 Å². The van der Waals surface area contributed by atoms with Crippen LogP contribution in [0.4, 0.5) is 0 Å². The van der Waals surface area contributed by atoms with E-state index in [0.29, 0.717) is 23.3 Å². The number of benzene rings is 1. The highest BCUT2D eigenvalue weighted by Crippen LogP contribution is 2.38. The predicted molar refractivity (Wildman–Crippen MR) is 86.6 cm³/mol. The quantitative estimate of drug-likeness (QED) is 0.607. The zero-order valence-corrected chi connectivity index (χ0v) is 13.7. The second-order valence-corrected chi connectivity index (χ2v) is 6.83. The molecule has 0 N–H and O–H groups in total. The Labute approximate surface area is 133 Å². The smallest absolute Gasteiger partial charge is 0.309 e. The van der Waals surface area contributed by atoms with Crippen LogP contribution in [0.1, 0.15) is 50.4 Å². The summed E-state index contributed by atoms with van der Waals surface area (Å²) in [6, 6.07) is 8.98. The SMILES string of the molecule is CC1CCC(C(C)C)C(C(=O)OCC(=O)c2ccccc2)C1. The van der Waals surface area contributed by atoms with Crippen molar-refractivity contribution in [3.63, 3.8) is 0 Å². The van der Waals surface area contributed by atoms with Crippen molar-refractivity contribution in [3.8, 4) is 0 Å². The lowest BCUT2D eigenvalue weighted by molar-refractivity contribution is -0.152. The lowest BCUT2D eigenvalue weighted by Gasteiger charge is -2.35. The average molecular weight is 302 g/mol. The standard InChI is InChI=1S/C19H26O3/c1-13(2)16-10-9-14(3)11-17(16)19(21)22-12-18(20)15-7-5-4-6-8-15/h4-8,13-14,16-17H,9-12H2,1-3H3. The van der Waals surface area contributed by atoms with Gasteiger partial charge in [0, 0.05) is 5.56 Å². The number of hydrogen-bond donors (Lipinski definition) is 0. The largest absolute Gasteiger partial charge is 0.457 e. The first-order chi connectivity index (χ1) is 10.5. The predicted octanol–water partition coefficient (Wildman–Crippen LogP) is 4.12. The van der Waals surface area contributed by atoms with Crippen molar-refractivity contribution >= 4 is 11.8 Å². The molecule has 1 aromatic carbocycles. The molecule has 1 aromatic rings. The molecule has 3 atom stereocenters. The molecule has 22 heavy (non-hydrogen) atoms. The van der Waals surface area contributed by atoms with Gasteiger partial charge in [0.2, 0.25) is 0 Å². The number of hydrogen-bond acceptors (Lipinski definition) is 3. The summed E-state index contributed by atoms with van der Waals surface area (Å²) in [7, 11) is 0. The summed E-state index contributed by atoms with van der Waals surface area (Å²) in [5, 5.41) is 0. The average Bonchev–Trinajstić information content (AvgIpc) is 2.52. The Kier molecular flexibility index (Phi) is 5.76. The molecular weight excluding hydrogens is 276 g/mol. The summed E-state index contributed by atoms with van der Waals surface area (Å²) in [6.45, 7) is 6.36. The van der Waals surface area contributed by atoms with E-state index in [1.807, 2.05) is 18.2 Å². The molecular formula is C19H26O3. The Balaban J connectivity index is 1.94. The zero-order valence-electron chi connectivity index (χ0n) is 13.7. The minimum absolute atomic E-state index is 0.0627. The first-order valence-corrected chi connectivity index (χ1v) is 8.24. The topological polar surface area (TPSA) is 43.4 Å². The van der Waals surface area contributed by atoms with E-state index < -0.39 is 0 Å². The monoisotopic (exact) mass is 302 g/mol. The van der Waals surface area contributed by atoms with Crippen LogP contribution in [0.3, 0.4) is 0 Å². The van der Waals surface area contributed by atoms with E-state index in [2.05, 4.69) is 20.8 Å². The van der Waals surface area contributed by atoms with E-state index in [1.165, 1.54) is 6.42 Å². The molecule has 1 aliphatic rings. The van der Waals surface area contributed by atoms with Crippen LogP contribution in [0.25, 0.3) is 0 Å². The molecule has 0 bridgehead atoms. The molecule has 1 saturated carbocycles. The second-order valence-electron chi connectivity index (χ2n) is 6.83. The molecule has 2 rings (SSSR count). The summed E-state index contributed by atoms with van der Waals surface area (Å²) in [6.07, 6.45) is 3.13. The molecule has 0 aromatic heterocycles. The third kappa shape index (κ3) is 4.19. The highest BCUT2D eigenvalue weighted by molar-refractivity contribution is 5.97. The molecule has 0 aliphatic heterocycles. The van der Waals surface area contributed by atoms with Crippen LogP contribution in [0.15, 0.2) is 30.3 Å². The zero-order chi connectivity index (χ0) is 16.1. The van der Waals surface area contributed by atoms with Crippen LogP contribution < -0.4 is 0 Å². The van der Waals surface area contributed by atoms with Crippen molar-refractivity contribution in [1.82, 2.24) is 0 Å². The summed E-state index contributed by atoms with van der Waals surface area (Å²) in [5.41, 5.74) is 0.590. The summed E-state index contributed by atoms with van der Waals surface area (Å²) < 4.78 is 5.34. The molecule has 120 valence electrons. The number of carbonyl (C=O) groups excluding carboxylic acids is 2. The van der Waals surface area contributed by atoms with Crippen LogP contribution in [0.5, 0.6) is 0 Å². The number of ketones is 1. The van der Waals surface area contributed by atoms with Gasteiger partial charge in [-0.15, -0.1) is 0 Å². The van der Waals surface area contributed by atoms with Gasteiger partial charge < -0.3 is 4.74 Å². The van der Waals surface area contributed by atoms with E-state index >= 15 is 0 Å². The first kappa shape index (κ1) is 16.7. The maximum Gasteiger partial charge on any atom is 0.309 e. The van der Waals surface area contributed by atoms with Crippen molar-refractivity contribution in [2.24, 2.45) is 23.7 Å². The van der Waals surface area contributed by atoms with E-state index in [9.17, 15) is 9.59 Å². The molecule has 1 fully saturated rings. The van der Waals surface area contributed by atoms with Crippen LogP contribution in [0, 0.1) is 23.7 Å². The Morgan fingerprint density at radius 2 is 1.86 bits per heavy atom. The highest BCUT2D eigenvalue weighted by atomic mass is 16.5. The summed E-state index contributed by atoms with van der Waals surface area (Å²) >= 11 is 0. The fourth-order valence-corrected chi connectivity index (χ4v) is 3.42. The van der Waals surface area contributed by atoms with Crippen molar-refractivity contribution in [2.45, 2.75) is 40.0 Å². The van der Waals surface area contributed by atoms with Crippen LogP contribution in [-0.4, -0.2) is 18.4 Å². The lowest BCUT2D eigenvalue weighted by atomic mass is 9.70. The van der Waals surface area contributed by atoms with Gasteiger partial charge in [0.1, 0.15) is 0 Å². The normalized spacial score (nSPS) is 25.0. The van der Waals surface area contributed by atoms with Gasteiger partial charge in [-0.05, 0) is 30.6 Å². The molecule has 0 spiro atoms. The van der Waals surface area contributed by atoms with Crippen molar-refractivity contribution in [1.29, 1.82) is 0 Å². The molecule has 3 heteroatoms. The molecule has 0 saturated heterocycles. The summed E-state index contributed by atoms with van der Waals surface area (Å²) in [4.78, 5) is 24.5.